The van der Waals surface area contributed by atoms with Gasteiger partial charge in [0.05, 0.1) is 21.7 Å². The summed E-state index contributed by atoms with van der Waals surface area (Å²) in [6.45, 7) is 0. The van der Waals surface area contributed by atoms with Crippen molar-refractivity contribution in [1.29, 1.82) is 0 Å². The lowest BCUT2D eigenvalue weighted by Crippen LogP contribution is -1.89. The van der Waals surface area contributed by atoms with Crippen LogP contribution in [-0.4, -0.2) is 13.7 Å². The monoisotopic (exact) mass is 215 g/mol. The Hall–Kier alpha value is -1.27. The van der Waals surface area contributed by atoms with Crippen LogP contribution in [0.15, 0.2) is 12.1 Å². The second-order valence-electron chi connectivity index (χ2n) is 2.29. The van der Waals surface area contributed by atoms with Gasteiger partial charge in [0.1, 0.15) is 5.52 Å². The molecule has 0 radical (unpaired) electrons. The molecule has 1 aromatic carbocycles. The highest BCUT2D eigenvalue weighted by atomic mass is 35.5. The van der Waals surface area contributed by atoms with E-state index in [0.717, 1.165) is 11.7 Å². The summed E-state index contributed by atoms with van der Waals surface area (Å²) in [6.07, 6.45) is 0. The molecular weight excluding hydrogens is 214 g/mol. The van der Waals surface area contributed by atoms with Gasteiger partial charge in [-0.2, -0.15) is 8.75 Å². The van der Waals surface area contributed by atoms with Crippen LogP contribution in [0.3, 0.4) is 0 Å². The lowest BCUT2D eigenvalue weighted by Gasteiger charge is -1.92. The summed E-state index contributed by atoms with van der Waals surface area (Å²) in [7, 11) is 0. The largest absolute Gasteiger partial charge is 0.298 e. The third-order valence-corrected chi connectivity index (χ3v) is 2.38. The quantitative estimate of drug-likeness (QED) is 0.540. The number of nitrogens with zero attached hydrogens (tertiary/aromatic N) is 3. The second-order valence-corrected chi connectivity index (χ2v) is 3.22. The maximum absolute atomic E-state index is 10.5. The molecule has 0 atom stereocenters. The van der Waals surface area contributed by atoms with E-state index in [1.165, 1.54) is 12.1 Å². The first-order chi connectivity index (χ1) is 6.20. The molecule has 0 N–H and O–H groups in total. The molecule has 2 aromatic rings. The van der Waals surface area contributed by atoms with Gasteiger partial charge in [-0.3, -0.25) is 10.1 Å². The second kappa shape index (κ2) is 2.90. The molecule has 66 valence electrons. The summed E-state index contributed by atoms with van der Waals surface area (Å²) in [5.74, 6) is 0. The summed E-state index contributed by atoms with van der Waals surface area (Å²) in [4.78, 5) is 10.0. The molecule has 5 nitrogen and oxygen atoms in total. The van der Waals surface area contributed by atoms with Crippen molar-refractivity contribution in [2.45, 2.75) is 0 Å². The highest BCUT2D eigenvalue weighted by molar-refractivity contribution is 7.00. The Bertz CT molecular complexity index is 484. The van der Waals surface area contributed by atoms with Crippen molar-refractivity contribution in [2.24, 2.45) is 0 Å². The van der Waals surface area contributed by atoms with Crippen LogP contribution in [0.4, 0.5) is 5.69 Å². The molecule has 0 bridgehead atoms. The first-order valence-corrected chi connectivity index (χ1v) is 4.36. The molecule has 2 rings (SSSR count). The fourth-order valence-electron chi connectivity index (χ4n) is 0.971. The van der Waals surface area contributed by atoms with E-state index in [9.17, 15) is 10.1 Å². The number of hydrogen-bond donors (Lipinski definition) is 0. The molecule has 0 fully saturated rings. The normalized spacial score (nSPS) is 10.5. The molecule has 0 aliphatic rings. The van der Waals surface area contributed by atoms with Crippen LogP contribution in [0.2, 0.25) is 5.02 Å². The Morgan fingerprint density at radius 2 is 2.08 bits per heavy atom. The van der Waals surface area contributed by atoms with Gasteiger partial charge < -0.3 is 0 Å². The number of hydrogen-bond acceptors (Lipinski definition) is 5. The Morgan fingerprint density at radius 1 is 1.38 bits per heavy atom. The average molecular weight is 216 g/mol. The summed E-state index contributed by atoms with van der Waals surface area (Å²) in [5, 5.41) is 10.9. The van der Waals surface area contributed by atoms with Gasteiger partial charge in [0.15, 0.2) is 5.52 Å². The molecule has 0 saturated heterocycles. The fourth-order valence-corrected chi connectivity index (χ4v) is 1.78. The lowest BCUT2D eigenvalue weighted by molar-refractivity contribution is -0.383. The number of benzene rings is 1. The van der Waals surface area contributed by atoms with Crippen molar-refractivity contribution >= 4 is 40.0 Å². The van der Waals surface area contributed by atoms with E-state index in [-0.39, 0.29) is 11.2 Å². The van der Waals surface area contributed by atoms with E-state index in [2.05, 4.69) is 8.75 Å². The summed E-state index contributed by atoms with van der Waals surface area (Å²) in [5.41, 5.74) is 0.580. The molecule has 1 heterocycles. The van der Waals surface area contributed by atoms with Gasteiger partial charge in [-0.1, -0.05) is 11.6 Å². The number of rotatable bonds is 1. The number of halogens is 1. The summed E-state index contributed by atoms with van der Waals surface area (Å²) in [6, 6.07) is 2.77. The third-order valence-electron chi connectivity index (χ3n) is 1.54. The van der Waals surface area contributed by atoms with Crippen LogP contribution in [0.5, 0.6) is 0 Å². The van der Waals surface area contributed by atoms with Gasteiger partial charge >= 0.3 is 0 Å². The van der Waals surface area contributed by atoms with Crippen LogP contribution in [0, 0.1) is 10.1 Å². The highest BCUT2D eigenvalue weighted by Gasteiger charge is 2.16. The van der Waals surface area contributed by atoms with E-state index in [0.29, 0.717) is 10.5 Å². The predicted octanol–water partition coefficient (Wildman–Crippen LogP) is 2.25. The number of non-ortho nitro benzene ring substituents is 1. The zero-order valence-corrected chi connectivity index (χ0v) is 7.67. The third kappa shape index (κ3) is 1.24. The van der Waals surface area contributed by atoms with Crippen LogP contribution in [0.1, 0.15) is 0 Å². The topological polar surface area (TPSA) is 68.9 Å². The molecule has 7 heteroatoms. The maximum atomic E-state index is 10.5. The zero-order chi connectivity index (χ0) is 9.42. The fraction of sp³-hybridized carbons (Fsp3) is 0. The van der Waals surface area contributed by atoms with E-state index in [1.807, 2.05) is 0 Å². The van der Waals surface area contributed by atoms with Crippen molar-refractivity contribution in [3.8, 4) is 0 Å². The SMILES string of the molecule is O=[N+]([O-])c1ccc(Cl)c2nsnc12. The Kier molecular flexibility index (Phi) is 1.86. The smallest absolute Gasteiger partial charge is 0.258 e. The van der Waals surface area contributed by atoms with Gasteiger partial charge in [-0.05, 0) is 6.07 Å². The average Bonchev–Trinajstić information content (AvgIpc) is 2.53. The highest BCUT2D eigenvalue weighted by Crippen LogP contribution is 2.29. The minimum atomic E-state index is -0.500. The molecule has 0 saturated carbocycles. The summed E-state index contributed by atoms with van der Waals surface area (Å²) < 4.78 is 7.66. The van der Waals surface area contributed by atoms with Crippen molar-refractivity contribution in [1.82, 2.24) is 8.75 Å². The molecule has 1 aromatic heterocycles. The molecule has 13 heavy (non-hydrogen) atoms. The molecule has 0 spiro atoms. The molecule has 0 aliphatic heterocycles. The molecule has 0 aliphatic carbocycles. The van der Waals surface area contributed by atoms with Crippen LogP contribution >= 0.6 is 23.3 Å². The summed E-state index contributed by atoms with van der Waals surface area (Å²) >= 11 is 6.67. The van der Waals surface area contributed by atoms with Gasteiger partial charge in [-0.25, -0.2) is 0 Å². The van der Waals surface area contributed by atoms with E-state index in [1.54, 1.807) is 0 Å². The zero-order valence-electron chi connectivity index (χ0n) is 6.10. The van der Waals surface area contributed by atoms with Crippen molar-refractivity contribution in [3.63, 3.8) is 0 Å². The van der Waals surface area contributed by atoms with Gasteiger partial charge in [-0.15, -0.1) is 0 Å². The van der Waals surface area contributed by atoms with E-state index < -0.39 is 4.92 Å². The van der Waals surface area contributed by atoms with Crippen LogP contribution in [-0.2, 0) is 0 Å². The van der Waals surface area contributed by atoms with Crippen molar-refractivity contribution < 1.29 is 4.92 Å². The van der Waals surface area contributed by atoms with Crippen LogP contribution in [0.25, 0.3) is 11.0 Å². The Labute approximate surface area is 81.4 Å². The maximum Gasteiger partial charge on any atom is 0.298 e. The number of aromatic nitrogens is 2. The number of fused-ring (bicyclic) bond motifs is 1. The Balaban J connectivity index is 2.86. The van der Waals surface area contributed by atoms with Crippen molar-refractivity contribution in [3.05, 3.63) is 27.3 Å². The Morgan fingerprint density at radius 3 is 2.77 bits per heavy atom. The first-order valence-electron chi connectivity index (χ1n) is 3.25. The molecule has 0 amide bonds. The minimum absolute atomic E-state index is 0.0619. The van der Waals surface area contributed by atoms with Crippen LogP contribution < -0.4 is 0 Å². The number of nitro benzene ring substituents is 1. The van der Waals surface area contributed by atoms with Gasteiger partial charge in [0, 0.05) is 6.07 Å². The molecule has 0 unspecified atom stereocenters. The predicted molar refractivity (Wildman–Crippen MR) is 49.1 cm³/mol. The number of nitro groups is 1. The standard InChI is InChI=1S/C6H2ClN3O2S/c7-3-1-2-4(10(11)12)6-5(3)8-13-9-6/h1-2H. The van der Waals surface area contributed by atoms with E-state index >= 15 is 0 Å². The van der Waals surface area contributed by atoms with Gasteiger partial charge in [0.25, 0.3) is 5.69 Å². The molecular formula is C6H2ClN3O2S. The first kappa shape index (κ1) is 8.33. The lowest BCUT2D eigenvalue weighted by atomic mass is 10.3. The van der Waals surface area contributed by atoms with E-state index in [4.69, 9.17) is 11.6 Å². The van der Waals surface area contributed by atoms with Crippen molar-refractivity contribution in [2.75, 3.05) is 0 Å². The minimum Gasteiger partial charge on any atom is -0.258 e. The van der Waals surface area contributed by atoms with Gasteiger partial charge in [0.2, 0.25) is 0 Å².